The van der Waals surface area contributed by atoms with Gasteiger partial charge in [-0.25, -0.2) is 18.9 Å². The van der Waals surface area contributed by atoms with Gasteiger partial charge in [0.1, 0.15) is 23.8 Å². The fourth-order valence-corrected chi connectivity index (χ4v) is 3.38. The van der Waals surface area contributed by atoms with Crippen molar-refractivity contribution < 1.29 is 9.18 Å². The molecule has 1 aromatic carbocycles. The Bertz CT molecular complexity index is 989. The molecule has 1 atom stereocenters. The normalized spacial score (nSPS) is 17.0. The average molecular weight is 397 g/mol. The van der Waals surface area contributed by atoms with Crippen LogP contribution in [0.3, 0.4) is 0 Å². The van der Waals surface area contributed by atoms with Crippen LogP contribution in [0.2, 0.25) is 0 Å². The monoisotopic (exact) mass is 397 g/mol. The maximum absolute atomic E-state index is 13.3. The summed E-state index contributed by atoms with van der Waals surface area (Å²) >= 11 is 0. The third kappa shape index (κ3) is 3.98. The third-order valence-corrected chi connectivity index (χ3v) is 5.08. The van der Waals surface area contributed by atoms with Crippen molar-refractivity contribution >= 4 is 11.8 Å². The molecule has 3 aromatic rings. The number of likely N-dealkylation sites (tertiary alicyclic amines) is 1. The quantitative estimate of drug-likeness (QED) is 0.708. The van der Waals surface area contributed by atoms with Crippen LogP contribution in [0.1, 0.15) is 44.6 Å². The molecule has 1 aliphatic rings. The van der Waals surface area contributed by atoms with E-state index in [9.17, 15) is 9.18 Å². The Hall–Kier alpha value is -3.23. The summed E-state index contributed by atoms with van der Waals surface area (Å²) in [6.07, 6.45) is 2.31. The van der Waals surface area contributed by atoms with E-state index < -0.39 is 0 Å². The van der Waals surface area contributed by atoms with Crippen molar-refractivity contribution in [1.29, 1.82) is 0 Å². The zero-order chi connectivity index (χ0) is 20.6. The lowest BCUT2D eigenvalue weighted by atomic mass is 9.92. The Balaban J connectivity index is 1.56. The molecule has 1 aliphatic heterocycles. The molecular weight excluding hydrogens is 373 g/mol. The fourth-order valence-electron chi connectivity index (χ4n) is 3.38. The number of H-pyrrole nitrogens is 1. The molecule has 0 saturated carbocycles. The van der Waals surface area contributed by atoms with E-state index in [1.807, 2.05) is 6.07 Å². The Morgan fingerprint density at radius 3 is 2.69 bits per heavy atom. The summed E-state index contributed by atoms with van der Waals surface area (Å²) in [5.41, 5.74) is 1.31. The second-order valence-corrected chi connectivity index (χ2v) is 8.29. The van der Waals surface area contributed by atoms with Gasteiger partial charge in [-0.15, -0.1) is 0 Å². The summed E-state index contributed by atoms with van der Waals surface area (Å²) in [4.78, 5) is 18.8. The van der Waals surface area contributed by atoms with E-state index in [-0.39, 0.29) is 23.2 Å². The summed E-state index contributed by atoms with van der Waals surface area (Å²) in [5.74, 6) is 1.18. The maximum atomic E-state index is 13.3. The number of carbonyl (C=O) groups excluding carboxylic acids is 1. The summed E-state index contributed by atoms with van der Waals surface area (Å²) in [7, 11) is 0. The molecule has 1 saturated heterocycles. The standard InChI is InChI=1S/C20H24FN7O/c1-20(2,3)16-10-17(28(26-16)15-6-4-14(21)5-7-15)24-19(29)27-9-8-13(11-27)18-22-12-23-25-18/h4-7,10,12-13H,8-9,11H2,1-3H3,(H,24,29)(H,22,23,25). The first kappa shape index (κ1) is 19.1. The lowest BCUT2D eigenvalue weighted by molar-refractivity contribution is 0.221. The van der Waals surface area contributed by atoms with Crippen LogP contribution in [0.4, 0.5) is 15.0 Å². The van der Waals surface area contributed by atoms with Crippen LogP contribution in [-0.4, -0.2) is 49.0 Å². The van der Waals surface area contributed by atoms with E-state index in [2.05, 4.69) is 46.4 Å². The number of anilines is 1. The zero-order valence-corrected chi connectivity index (χ0v) is 16.7. The number of nitrogens with one attached hydrogen (secondary N) is 2. The second-order valence-electron chi connectivity index (χ2n) is 8.29. The molecule has 2 N–H and O–H groups in total. The van der Waals surface area contributed by atoms with Gasteiger partial charge in [0.05, 0.1) is 11.4 Å². The van der Waals surface area contributed by atoms with Crippen LogP contribution in [0.5, 0.6) is 0 Å². The minimum atomic E-state index is -0.321. The molecular formula is C20H24FN7O. The first-order valence-electron chi connectivity index (χ1n) is 9.59. The molecule has 4 rings (SSSR count). The molecule has 3 heterocycles. The molecule has 8 nitrogen and oxygen atoms in total. The molecule has 2 amide bonds. The Morgan fingerprint density at radius 1 is 1.28 bits per heavy atom. The minimum absolute atomic E-state index is 0.149. The van der Waals surface area contributed by atoms with Crippen molar-refractivity contribution in [3.63, 3.8) is 0 Å². The highest BCUT2D eigenvalue weighted by Gasteiger charge is 2.30. The van der Waals surface area contributed by atoms with Crippen molar-refractivity contribution in [2.75, 3.05) is 18.4 Å². The van der Waals surface area contributed by atoms with E-state index in [1.54, 1.807) is 21.7 Å². The van der Waals surface area contributed by atoms with Gasteiger partial charge in [-0.05, 0) is 30.7 Å². The molecule has 0 spiro atoms. The molecule has 29 heavy (non-hydrogen) atoms. The maximum Gasteiger partial charge on any atom is 0.323 e. The molecule has 0 radical (unpaired) electrons. The van der Waals surface area contributed by atoms with Crippen LogP contribution < -0.4 is 5.32 Å². The topological polar surface area (TPSA) is 91.7 Å². The van der Waals surface area contributed by atoms with Crippen LogP contribution in [0.15, 0.2) is 36.7 Å². The summed E-state index contributed by atoms with van der Waals surface area (Å²) in [6, 6.07) is 7.70. The number of halogens is 1. The van der Waals surface area contributed by atoms with Crippen LogP contribution in [-0.2, 0) is 5.41 Å². The molecule has 9 heteroatoms. The molecule has 0 bridgehead atoms. The van der Waals surface area contributed by atoms with Gasteiger partial charge in [0.25, 0.3) is 0 Å². The minimum Gasteiger partial charge on any atom is -0.324 e. The first-order valence-corrected chi connectivity index (χ1v) is 9.59. The number of rotatable bonds is 3. The van der Waals surface area contributed by atoms with Gasteiger partial charge < -0.3 is 4.90 Å². The van der Waals surface area contributed by atoms with Gasteiger partial charge in [0, 0.05) is 30.5 Å². The van der Waals surface area contributed by atoms with Crippen molar-refractivity contribution in [2.24, 2.45) is 0 Å². The molecule has 152 valence electrons. The predicted molar refractivity (Wildman–Crippen MR) is 107 cm³/mol. The predicted octanol–water partition coefficient (Wildman–Crippen LogP) is 3.45. The van der Waals surface area contributed by atoms with E-state index in [4.69, 9.17) is 0 Å². The second kappa shape index (κ2) is 7.31. The number of aromatic nitrogens is 5. The van der Waals surface area contributed by atoms with Gasteiger partial charge in [-0.2, -0.15) is 10.2 Å². The average Bonchev–Trinajstić information content (AvgIpc) is 3.41. The number of nitrogens with zero attached hydrogens (tertiary/aromatic N) is 5. The Morgan fingerprint density at radius 2 is 2.03 bits per heavy atom. The highest BCUT2D eigenvalue weighted by molar-refractivity contribution is 5.89. The largest absolute Gasteiger partial charge is 0.324 e. The van der Waals surface area contributed by atoms with Gasteiger partial charge >= 0.3 is 6.03 Å². The van der Waals surface area contributed by atoms with Gasteiger partial charge in [0.2, 0.25) is 0 Å². The van der Waals surface area contributed by atoms with E-state index in [0.29, 0.717) is 24.6 Å². The van der Waals surface area contributed by atoms with E-state index in [0.717, 1.165) is 17.9 Å². The van der Waals surface area contributed by atoms with Gasteiger partial charge in [0.15, 0.2) is 0 Å². The molecule has 1 unspecified atom stereocenters. The number of urea groups is 1. The molecule has 0 aliphatic carbocycles. The number of hydrogen-bond acceptors (Lipinski definition) is 4. The summed E-state index contributed by atoms with van der Waals surface area (Å²) in [6.45, 7) is 7.36. The van der Waals surface area contributed by atoms with Crippen molar-refractivity contribution in [3.05, 3.63) is 54.0 Å². The molecule has 2 aromatic heterocycles. The highest BCUT2D eigenvalue weighted by atomic mass is 19.1. The van der Waals surface area contributed by atoms with Crippen LogP contribution >= 0.6 is 0 Å². The third-order valence-electron chi connectivity index (χ3n) is 5.08. The Kier molecular flexibility index (Phi) is 4.81. The highest BCUT2D eigenvalue weighted by Crippen LogP contribution is 2.28. The smallest absolute Gasteiger partial charge is 0.323 e. The lowest BCUT2D eigenvalue weighted by Gasteiger charge is -2.17. The van der Waals surface area contributed by atoms with Crippen molar-refractivity contribution in [3.8, 4) is 5.69 Å². The van der Waals surface area contributed by atoms with Crippen molar-refractivity contribution in [1.82, 2.24) is 29.9 Å². The SMILES string of the molecule is CC(C)(C)c1cc(NC(=O)N2CCC(c3ncn[nH]3)C2)n(-c2ccc(F)cc2)n1. The molecule has 1 fully saturated rings. The van der Waals surface area contributed by atoms with Crippen LogP contribution in [0.25, 0.3) is 5.69 Å². The van der Waals surface area contributed by atoms with Crippen LogP contribution in [0, 0.1) is 5.82 Å². The number of carbonyl (C=O) groups is 1. The lowest BCUT2D eigenvalue weighted by Crippen LogP contribution is -2.33. The Labute approximate surface area is 168 Å². The zero-order valence-electron chi connectivity index (χ0n) is 16.7. The number of aromatic amines is 1. The number of hydrogen-bond donors (Lipinski definition) is 2. The number of amides is 2. The first-order chi connectivity index (χ1) is 13.8. The van der Waals surface area contributed by atoms with E-state index >= 15 is 0 Å². The summed E-state index contributed by atoms with van der Waals surface area (Å²) in [5, 5.41) is 14.4. The van der Waals surface area contributed by atoms with Gasteiger partial charge in [-0.1, -0.05) is 20.8 Å². The van der Waals surface area contributed by atoms with Crippen molar-refractivity contribution in [2.45, 2.75) is 38.5 Å². The van der Waals surface area contributed by atoms with Gasteiger partial charge in [-0.3, -0.25) is 10.4 Å². The van der Waals surface area contributed by atoms with E-state index in [1.165, 1.54) is 18.5 Å². The fraction of sp³-hybridized carbons (Fsp3) is 0.400. The number of benzene rings is 1. The summed E-state index contributed by atoms with van der Waals surface area (Å²) < 4.78 is 15.0.